The van der Waals surface area contributed by atoms with Gasteiger partial charge in [0, 0.05) is 12.3 Å². The number of primary sulfonamides is 1. The number of hydrogen-bond donors (Lipinski definition) is 1. The van der Waals surface area contributed by atoms with Crippen molar-refractivity contribution in [2.75, 3.05) is 10.8 Å². The first kappa shape index (κ1) is 14.0. The summed E-state index contributed by atoms with van der Waals surface area (Å²) in [4.78, 5) is 24.6. The van der Waals surface area contributed by atoms with Gasteiger partial charge in [0.1, 0.15) is 0 Å². The largest absolute Gasteiger partial charge is 0.274 e. The Bertz CT molecular complexity index is 627. The minimum absolute atomic E-state index is 0.0687. The van der Waals surface area contributed by atoms with E-state index in [1.54, 1.807) is 0 Å². The van der Waals surface area contributed by atoms with Gasteiger partial charge in [-0.15, -0.1) is 11.6 Å². The zero-order valence-corrected chi connectivity index (χ0v) is 11.3. The Balaban J connectivity index is 2.33. The number of sulfonamides is 1. The van der Waals surface area contributed by atoms with E-state index in [4.69, 9.17) is 16.7 Å². The van der Waals surface area contributed by atoms with Crippen molar-refractivity contribution in [2.45, 2.75) is 11.3 Å². The summed E-state index contributed by atoms with van der Waals surface area (Å²) in [5.74, 6) is -1.16. The molecule has 0 saturated carbocycles. The monoisotopic (exact) mass is 302 g/mol. The van der Waals surface area contributed by atoms with Crippen LogP contribution in [0, 0.1) is 5.92 Å². The Hall–Kier alpha value is -1.44. The lowest BCUT2D eigenvalue weighted by Gasteiger charge is -2.14. The topological polar surface area (TPSA) is 97.5 Å². The number of carbonyl (C=O) groups is 2. The number of hydrogen-bond acceptors (Lipinski definition) is 4. The summed E-state index contributed by atoms with van der Waals surface area (Å²) in [5, 5.41) is 4.97. The molecule has 0 bridgehead atoms. The van der Waals surface area contributed by atoms with Crippen LogP contribution in [0.3, 0.4) is 0 Å². The lowest BCUT2D eigenvalue weighted by atomic mass is 10.1. The maximum absolute atomic E-state index is 11.9. The number of benzene rings is 1. The smallest absolute Gasteiger partial charge is 0.238 e. The summed E-state index contributed by atoms with van der Waals surface area (Å²) in [6.07, 6.45) is 0.0687. The number of carbonyl (C=O) groups excluding carboxylic acids is 2. The predicted molar refractivity (Wildman–Crippen MR) is 69.1 cm³/mol. The molecular formula is C11H11ClN2O4S. The lowest BCUT2D eigenvalue weighted by Crippen LogP contribution is -2.30. The average Bonchev–Trinajstić information content (AvgIpc) is 2.63. The molecule has 19 heavy (non-hydrogen) atoms. The van der Waals surface area contributed by atoms with Crippen molar-refractivity contribution >= 4 is 39.1 Å². The highest BCUT2D eigenvalue weighted by Gasteiger charge is 2.38. The highest BCUT2D eigenvalue weighted by Crippen LogP contribution is 2.27. The molecule has 0 aromatic heterocycles. The molecule has 1 fully saturated rings. The second-order valence-corrected chi connectivity index (χ2v) is 6.03. The summed E-state index contributed by atoms with van der Waals surface area (Å²) in [6.45, 7) is 0. The van der Waals surface area contributed by atoms with Crippen LogP contribution in [0.4, 0.5) is 5.69 Å². The molecule has 1 aromatic rings. The van der Waals surface area contributed by atoms with E-state index in [9.17, 15) is 18.0 Å². The van der Waals surface area contributed by atoms with Crippen LogP contribution in [-0.2, 0) is 19.6 Å². The van der Waals surface area contributed by atoms with Gasteiger partial charge < -0.3 is 0 Å². The van der Waals surface area contributed by atoms with Crippen LogP contribution in [0.15, 0.2) is 29.2 Å². The van der Waals surface area contributed by atoms with Crippen molar-refractivity contribution in [1.82, 2.24) is 0 Å². The highest BCUT2D eigenvalue weighted by atomic mass is 35.5. The summed E-state index contributed by atoms with van der Waals surface area (Å²) >= 11 is 5.61. The standard InChI is InChI=1S/C11H11ClN2O4S/c12-6-7-5-10(15)14(11(7)16)8-1-3-9(4-2-8)19(13,17)18/h1-4,7H,5-6H2,(H2,13,17,18). The molecule has 1 saturated heterocycles. The van der Waals surface area contributed by atoms with E-state index in [2.05, 4.69) is 0 Å². The van der Waals surface area contributed by atoms with Crippen LogP contribution in [-0.4, -0.2) is 26.1 Å². The lowest BCUT2D eigenvalue weighted by molar-refractivity contribution is -0.122. The molecule has 1 aromatic carbocycles. The molecular weight excluding hydrogens is 292 g/mol. The van der Waals surface area contributed by atoms with Gasteiger partial charge in [-0.2, -0.15) is 0 Å². The molecule has 6 nitrogen and oxygen atoms in total. The van der Waals surface area contributed by atoms with E-state index in [0.717, 1.165) is 4.90 Å². The maximum atomic E-state index is 11.9. The Labute approximate surface area is 115 Å². The van der Waals surface area contributed by atoms with E-state index >= 15 is 0 Å². The van der Waals surface area contributed by atoms with Gasteiger partial charge in [0.2, 0.25) is 21.8 Å². The quantitative estimate of drug-likeness (QED) is 0.647. The average molecular weight is 303 g/mol. The van der Waals surface area contributed by atoms with Gasteiger partial charge in [0.15, 0.2) is 0 Å². The molecule has 1 atom stereocenters. The van der Waals surface area contributed by atoms with Gasteiger partial charge in [0.25, 0.3) is 0 Å². The van der Waals surface area contributed by atoms with Gasteiger partial charge in [-0.25, -0.2) is 13.6 Å². The van der Waals surface area contributed by atoms with Crippen molar-refractivity contribution in [2.24, 2.45) is 11.1 Å². The Kier molecular flexibility index (Phi) is 3.62. The minimum atomic E-state index is -3.80. The Morgan fingerprint density at radius 1 is 1.26 bits per heavy atom. The minimum Gasteiger partial charge on any atom is -0.274 e. The molecule has 0 aliphatic carbocycles. The summed E-state index contributed by atoms with van der Waals surface area (Å²) in [6, 6.07) is 5.23. The fourth-order valence-corrected chi connectivity index (χ4v) is 2.63. The third kappa shape index (κ3) is 2.63. The van der Waals surface area contributed by atoms with Gasteiger partial charge in [-0.1, -0.05) is 0 Å². The van der Waals surface area contributed by atoms with Gasteiger partial charge in [0.05, 0.1) is 16.5 Å². The number of imide groups is 1. The third-order valence-corrected chi connectivity index (χ3v) is 4.15. The third-order valence-electron chi connectivity index (χ3n) is 2.85. The molecule has 1 unspecified atom stereocenters. The van der Waals surface area contributed by atoms with Crippen LogP contribution >= 0.6 is 11.6 Å². The molecule has 8 heteroatoms. The second-order valence-electron chi connectivity index (χ2n) is 4.16. The molecule has 2 amide bonds. The molecule has 0 radical (unpaired) electrons. The number of amides is 2. The first-order valence-electron chi connectivity index (χ1n) is 5.40. The van der Waals surface area contributed by atoms with Gasteiger partial charge >= 0.3 is 0 Å². The Morgan fingerprint density at radius 2 is 1.84 bits per heavy atom. The maximum Gasteiger partial charge on any atom is 0.238 e. The van der Waals surface area contributed by atoms with Crippen molar-refractivity contribution in [1.29, 1.82) is 0 Å². The number of nitrogens with two attached hydrogens (primary N) is 1. The zero-order valence-electron chi connectivity index (χ0n) is 9.74. The normalized spacial score (nSPS) is 20.1. The summed E-state index contributed by atoms with van der Waals surface area (Å²) < 4.78 is 22.2. The van der Waals surface area contributed by atoms with Gasteiger partial charge in [-0.3, -0.25) is 14.5 Å². The number of anilines is 1. The first-order chi connectivity index (χ1) is 8.84. The molecule has 2 rings (SSSR count). The van der Waals surface area contributed by atoms with Crippen molar-refractivity contribution in [3.05, 3.63) is 24.3 Å². The van der Waals surface area contributed by atoms with Crippen molar-refractivity contribution < 1.29 is 18.0 Å². The molecule has 1 aliphatic heterocycles. The van der Waals surface area contributed by atoms with Crippen LogP contribution in [0.1, 0.15) is 6.42 Å². The van der Waals surface area contributed by atoms with Crippen LogP contribution in [0.2, 0.25) is 0 Å². The van der Waals surface area contributed by atoms with E-state index < -0.39 is 15.9 Å². The van der Waals surface area contributed by atoms with E-state index in [1.165, 1.54) is 24.3 Å². The number of nitrogens with zero attached hydrogens (tertiary/aromatic N) is 1. The van der Waals surface area contributed by atoms with Crippen molar-refractivity contribution in [3.8, 4) is 0 Å². The van der Waals surface area contributed by atoms with Crippen LogP contribution < -0.4 is 10.0 Å². The fourth-order valence-electron chi connectivity index (χ4n) is 1.87. The highest BCUT2D eigenvalue weighted by molar-refractivity contribution is 7.89. The van der Waals surface area contributed by atoms with E-state index in [-0.39, 0.29) is 29.0 Å². The van der Waals surface area contributed by atoms with E-state index in [0.29, 0.717) is 5.69 Å². The van der Waals surface area contributed by atoms with Crippen LogP contribution in [0.25, 0.3) is 0 Å². The zero-order chi connectivity index (χ0) is 14.2. The molecule has 1 aliphatic rings. The predicted octanol–water partition coefficient (Wildman–Crippen LogP) is 0.452. The fraction of sp³-hybridized carbons (Fsp3) is 0.273. The SMILES string of the molecule is NS(=O)(=O)c1ccc(N2C(=O)CC(CCl)C2=O)cc1. The number of alkyl halides is 1. The number of halogens is 1. The molecule has 1 heterocycles. The van der Waals surface area contributed by atoms with Crippen LogP contribution in [0.5, 0.6) is 0 Å². The van der Waals surface area contributed by atoms with Crippen molar-refractivity contribution in [3.63, 3.8) is 0 Å². The first-order valence-corrected chi connectivity index (χ1v) is 7.48. The molecule has 2 N–H and O–H groups in total. The summed E-state index contributed by atoms with van der Waals surface area (Å²) in [5.41, 5.74) is 0.315. The molecule has 102 valence electrons. The second kappa shape index (κ2) is 4.92. The number of rotatable bonds is 3. The van der Waals surface area contributed by atoms with Gasteiger partial charge in [-0.05, 0) is 24.3 Å². The molecule has 0 spiro atoms. The Morgan fingerprint density at radius 3 is 2.26 bits per heavy atom. The van der Waals surface area contributed by atoms with E-state index in [1.807, 2.05) is 0 Å². The summed E-state index contributed by atoms with van der Waals surface area (Å²) in [7, 11) is -3.80.